The van der Waals surface area contributed by atoms with Crippen molar-refractivity contribution in [1.82, 2.24) is 10.6 Å². The average Bonchev–Trinajstić information content (AvgIpc) is 2.72. The summed E-state index contributed by atoms with van der Waals surface area (Å²) in [6, 6.07) is 17.1. The van der Waals surface area contributed by atoms with E-state index in [0.717, 1.165) is 25.9 Å². The summed E-state index contributed by atoms with van der Waals surface area (Å²) >= 11 is 0. The van der Waals surface area contributed by atoms with Crippen molar-refractivity contribution in [2.45, 2.75) is 25.4 Å². The van der Waals surface area contributed by atoms with Gasteiger partial charge in [0.25, 0.3) is 0 Å². The van der Waals surface area contributed by atoms with Gasteiger partial charge in [-0.25, -0.2) is 4.39 Å². The van der Waals surface area contributed by atoms with Gasteiger partial charge in [0.05, 0.1) is 11.6 Å². The average molecular weight is 365 g/mol. The molecule has 27 heavy (non-hydrogen) atoms. The van der Waals surface area contributed by atoms with Gasteiger partial charge in [-0.15, -0.1) is 0 Å². The molecule has 1 aliphatic heterocycles. The number of hydrogen-bond acceptors (Lipinski definition) is 3. The Morgan fingerprint density at radius 3 is 2.81 bits per heavy atom. The number of benzene rings is 2. The molecule has 2 aromatic rings. The molecule has 5 nitrogen and oxygen atoms in total. The van der Waals surface area contributed by atoms with Crippen molar-refractivity contribution >= 4 is 11.6 Å². The molecule has 0 amide bonds. The van der Waals surface area contributed by atoms with Crippen molar-refractivity contribution in [3.8, 4) is 6.07 Å². The first-order chi connectivity index (χ1) is 13.2. The first-order valence-corrected chi connectivity index (χ1v) is 9.15. The maximum absolute atomic E-state index is 14.0. The Balaban J connectivity index is 1.56. The van der Waals surface area contributed by atoms with Crippen molar-refractivity contribution in [3.05, 3.63) is 65.5 Å². The summed E-state index contributed by atoms with van der Waals surface area (Å²) in [6.07, 6.45) is 2.17. The summed E-state index contributed by atoms with van der Waals surface area (Å²) in [5.74, 6) is 0.267. The topological polar surface area (TPSA) is 63.5 Å². The lowest BCUT2D eigenvalue weighted by Gasteiger charge is -2.35. The normalized spacial score (nSPS) is 17.3. The van der Waals surface area contributed by atoms with E-state index in [0.29, 0.717) is 23.6 Å². The zero-order chi connectivity index (χ0) is 19.1. The van der Waals surface area contributed by atoms with Crippen LogP contribution >= 0.6 is 0 Å². The SMILES string of the molecule is CN=C(NCc1ccc(C#N)cc1F)NC1CCCN(c2ccccc2)C1. The van der Waals surface area contributed by atoms with Crippen LogP contribution in [0, 0.1) is 17.1 Å². The summed E-state index contributed by atoms with van der Waals surface area (Å²) in [5.41, 5.74) is 2.06. The number of aliphatic imine (C=N–C) groups is 1. The lowest BCUT2D eigenvalue weighted by Crippen LogP contribution is -2.51. The highest BCUT2D eigenvalue weighted by Crippen LogP contribution is 2.19. The van der Waals surface area contributed by atoms with E-state index in [-0.39, 0.29) is 11.9 Å². The molecule has 2 aromatic carbocycles. The number of nitrogens with zero attached hydrogens (tertiary/aromatic N) is 3. The third kappa shape index (κ3) is 4.98. The van der Waals surface area contributed by atoms with E-state index in [1.807, 2.05) is 12.1 Å². The number of nitrogens with one attached hydrogen (secondary N) is 2. The minimum absolute atomic E-state index is 0.274. The summed E-state index contributed by atoms with van der Waals surface area (Å²) in [6.45, 7) is 2.26. The summed E-state index contributed by atoms with van der Waals surface area (Å²) in [5, 5.41) is 15.4. The Labute approximate surface area is 159 Å². The van der Waals surface area contributed by atoms with Gasteiger partial charge in [0.2, 0.25) is 0 Å². The van der Waals surface area contributed by atoms with Crippen LogP contribution in [0.2, 0.25) is 0 Å². The van der Waals surface area contributed by atoms with Crippen LogP contribution in [0.4, 0.5) is 10.1 Å². The highest BCUT2D eigenvalue weighted by Gasteiger charge is 2.21. The Kier molecular flexibility index (Phi) is 6.26. The molecule has 1 aliphatic rings. The molecule has 1 unspecified atom stereocenters. The minimum Gasteiger partial charge on any atom is -0.369 e. The Morgan fingerprint density at radius 1 is 1.30 bits per heavy atom. The third-order valence-corrected chi connectivity index (χ3v) is 4.74. The van der Waals surface area contributed by atoms with Gasteiger partial charge in [0.1, 0.15) is 5.82 Å². The lowest BCUT2D eigenvalue weighted by molar-refractivity contribution is 0.467. The molecule has 2 N–H and O–H groups in total. The van der Waals surface area contributed by atoms with Crippen LogP contribution in [0.3, 0.4) is 0 Å². The second-order valence-corrected chi connectivity index (χ2v) is 6.61. The van der Waals surface area contributed by atoms with Crippen molar-refractivity contribution in [3.63, 3.8) is 0 Å². The van der Waals surface area contributed by atoms with Crippen molar-refractivity contribution < 1.29 is 4.39 Å². The van der Waals surface area contributed by atoms with Crippen molar-refractivity contribution in [1.29, 1.82) is 5.26 Å². The molecule has 1 fully saturated rings. The van der Waals surface area contributed by atoms with Crippen molar-refractivity contribution in [2.24, 2.45) is 4.99 Å². The van der Waals surface area contributed by atoms with E-state index in [1.54, 1.807) is 19.2 Å². The van der Waals surface area contributed by atoms with Gasteiger partial charge in [0, 0.05) is 44.0 Å². The van der Waals surface area contributed by atoms with Gasteiger partial charge in [-0.3, -0.25) is 4.99 Å². The number of nitriles is 1. The predicted molar refractivity (Wildman–Crippen MR) is 106 cm³/mol. The maximum Gasteiger partial charge on any atom is 0.191 e. The van der Waals surface area contributed by atoms with E-state index in [9.17, 15) is 4.39 Å². The number of guanidine groups is 1. The summed E-state index contributed by atoms with van der Waals surface area (Å²) in [7, 11) is 1.71. The van der Waals surface area contributed by atoms with Gasteiger partial charge in [-0.1, -0.05) is 24.3 Å². The molecule has 0 spiro atoms. The van der Waals surface area contributed by atoms with Crippen LogP contribution in [0.5, 0.6) is 0 Å². The minimum atomic E-state index is -0.384. The number of rotatable bonds is 4. The third-order valence-electron chi connectivity index (χ3n) is 4.74. The highest BCUT2D eigenvalue weighted by atomic mass is 19.1. The van der Waals surface area contributed by atoms with Gasteiger partial charge in [-0.05, 0) is 37.1 Å². The number of hydrogen-bond donors (Lipinski definition) is 2. The quantitative estimate of drug-likeness (QED) is 0.646. The largest absolute Gasteiger partial charge is 0.369 e. The second-order valence-electron chi connectivity index (χ2n) is 6.61. The molecule has 1 heterocycles. The van der Waals surface area contributed by atoms with Crippen LogP contribution in [-0.2, 0) is 6.54 Å². The Hall–Kier alpha value is -3.07. The van der Waals surface area contributed by atoms with Crippen LogP contribution < -0.4 is 15.5 Å². The molecule has 0 aromatic heterocycles. The molecule has 6 heteroatoms. The molecule has 0 aliphatic carbocycles. The van der Waals surface area contributed by atoms with Crippen LogP contribution in [0.1, 0.15) is 24.0 Å². The monoisotopic (exact) mass is 365 g/mol. The first kappa shape index (κ1) is 18.7. The summed E-state index contributed by atoms with van der Waals surface area (Å²) in [4.78, 5) is 6.63. The summed E-state index contributed by atoms with van der Waals surface area (Å²) < 4.78 is 14.0. The van der Waals surface area contributed by atoms with Crippen LogP contribution in [-0.4, -0.2) is 32.1 Å². The van der Waals surface area contributed by atoms with Crippen LogP contribution in [0.15, 0.2) is 53.5 Å². The molecule has 1 saturated heterocycles. The molecule has 3 rings (SSSR count). The second kappa shape index (κ2) is 9.04. The fourth-order valence-electron chi connectivity index (χ4n) is 3.30. The predicted octanol–water partition coefficient (Wildman–Crippen LogP) is 3.03. The molecule has 0 saturated carbocycles. The van der Waals surface area contributed by atoms with Gasteiger partial charge in [0.15, 0.2) is 5.96 Å². The van der Waals surface area contributed by atoms with Gasteiger partial charge >= 0.3 is 0 Å². The Morgan fingerprint density at radius 2 is 2.11 bits per heavy atom. The number of anilines is 1. The Bertz CT molecular complexity index is 828. The molecular weight excluding hydrogens is 341 g/mol. The highest BCUT2D eigenvalue weighted by molar-refractivity contribution is 5.80. The van der Waals surface area contributed by atoms with Gasteiger partial charge < -0.3 is 15.5 Å². The molecular formula is C21H24FN5. The molecule has 1 atom stereocenters. The fraction of sp³-hybridized carbons (Fsp3) is 0.333. The van der Waals surface area contributed by atoms with E-state index < -0.39 is 0 Å². The van der Waals surface area contributed by atoms with Gasteiger partial charge in [-0.2, -0.15) is 5.26 Å². The van der Waals surface area contributed by atoms with Crippen molar-refractivity contribution in [2.75, 3.05) is 25.0 Å². The standard InChI is InChI=1S/C21H24FN5/c1-24-21(25-14-17-10-9-16(13-23)12-20(17)22)26-18-6-5-11-27(15-18)19-7-3-2-4-8-19/h2-4,7-10,12,18H,5-6,11,14-15H2,1H3,(H2,24,25,26). The zero-order valence-corrected chi connectivity index (χ0v) is 15.5. The number of halogens is 1. The van der Waals surface area contributed by atoms with E-state index in [4.69, 9.17) is 5.26 Å². The van der Waals surface area contributed by atoms with E-state index >= 15 is 0 Å². The number of para-hydroxylation sites is 1. The van der Waals surface area contributed by atoms with Crippen LogP contribution in [0.25, 0.3) is 0 Å². The first-order valence-electron chi connectivity index (χ1n) is 9.15. The molecule has 0 bridgehead atoms. The van der Waals surface area contributed by atoms with E-state index in [1.165, 1.54) is 11.8 Å². The van der Waals surface area contributed by atoms with E-state index in [2.05, 4.69) is 44.8 Å². The fourth-order valence-corrected chi connectivity index (χ4v) is 3.30. The zero-order valence-electron chi connectivity index (χ0n) is 15.5. The lowest BCUT2D eigenvalue weighted by atomic mass is 10.0. The number of piperidine rings is 1. The molecule has 140 valence electrons. The molecule has 0 radical (unpaired) electrons. The maximum atomic E-state index is 14.0. The smallest absolute Gasteiger partial charge is 0.191 e.